The molecule has 0 aromatic rings. The lowest BCUT2D eigenvalue weighted by molar-refractivity contribution is 0.348. The molecule has 1 aliphatic carbocycles. The van der Waals surface area contributed by atoms with E-state index in [0.717, 1.165) is 6.42 Å². The zero-order valence-corrected chi connectivity index (χ0v) is 6.11. The van der Waals surface area contributed by atoms with Crippen LogP contribution in [0.15, 0.2) is 0 Å². The van der Waals surface area contributed by atoms with E-state index in [4.69, 9.17) is 6.42 Å². The molecule has 0 unspecified atom stereocenters. The minimum Gasteiger partial charge on any atom is -0.120 e. The van der Waals surface area contributed by atoms with Gasteiger partial charge in [0.15, 0.2) is 0 Å². The summed E-state index contributed by atoms with van der Waals surface area (Å²) >= 11 is 0. The maximum Gasteiger partial charge on any atom is 0.0140 e. The summed E-state index contributed by atoms with van der Waals surface area (Å²) in [7, 11) is 0. The second kappa shape index (κ2) is 2.43. The van der Waals surface area contributed by atoms with E-state index < -0.39 is 0 Å². The molecular formula is C9H14. The predicted octanol–water partition coefficient (Wildman–Crippen LogP) is 2.59. The molecule has 0 aliphatic heterocycles. The largest absolute Gasteiger partial charge is 0.120 e. The highest BCUT2D eigenvalue weighted by molar-refractivity contribution is 4.94. The standard InChI is InChI=1S/C9H14/c1-3-6-9(2)7-4-5-8-9/h1H,4-8H2,2H3. The molecule has 1 saturated carbocycles. The molecule has 0 saturated heterocycles. The van der Waals surface area contributed by atoms with Gasteiger partial charge in [-0.3, -0.25) is 0 Å². The molecule has 0 radical (unpaired) electrons. The van der Waals surface area contributed by atoms with E-state index in [0.29, 0.717) is 5.41 Å². The summed E-state index contributed by atoms with van der Waals surface area (Å²) in [6.45, 7) is 2.31. The monoisotopic (exact) mass is 122 g/mol. The van der Waals surface area contributed by atoms with Crippen LogP contribution >= 0.6 is 0 Å². The van der Waals surface area contributed by atoms with Gasteiger partial charge in [0.2, 0.25) is 0 Å². The maximum absolute atomic E-state index is 5.24. The second-order valence-corrected chi connectivity index (χ2v) is 3.40. The molecular weight excluding hydrogens is 108 g/mol. The molecule has 0 aromatic heterocycles. The summed E-state index contributed by atoms with van der Waals surface area (Å²) in [5.41, 5.74) is 0.509. The average molecular weight is 122 g/mol. The molecule has 9 heavy (non-hydrogen) atoms. The Labute approximate surface area is 57.7 Å². The van der Waals surface area contributed by atoms with Crippen molar-refractivity contribution in [2.75, 3.05) is 0 Å². The fourth-order valence-electron chi connectivity index (χ4n) is 1.65. The third-order valence-electron chi connectivity index (χ3n) is 2.34. The van der Waals surface area contributed by atoms with Crippen LogP contribution in [0.3, 0.4) is 0 Å². The average Bonchev–Trinajstić information content (AvgIpc) is 2.16. The lowest BCUT2D eigenvalue weighted by Gasteiger charge is -2.18. The number of hydrogen-bond donors (Lipinski definition) is 0. The Bertz CT molecular complexity index is 121. The molecule has 0 nitrogen and oxygen atoms in total. The molecule has 0 N–H and O–H groups in total. The van der Waals surface area contributed by atoms with Crippen LogP contribution in [0.5, 0.6) is 0 Å². The van der Waals surface area contributed by atoms with E-state index in [1.807, 2.05) is 0 Å². The van der Waals surface area contributed by atoms with Crippen LogP contribution < -0.4 is 0 Å². The Morgan fingerprint density at radius 1 is 1.44 bits per heavy atom. The Kier molecular flexibility index (Phi) is 1.81. The fraction of sp³-hybridized carbons (Fsp3) is 0.778. The summed E-state index contributed by atoms with van der Waals surface area (Å²) in [6, 6.07) is 0. The van der Waals surface area contributed by atoms with Gasteiger partial charge in [0.1, 0.15) is 0 Å². The van der Waals surface area contributed by atoms with Gasteiger partial charge in [-0.1, -0.05) is 19.8 Å². The minimum absolute atomic E-state index is 0.509. The van der Waals surface area contributed by atoms with Crippen LogP contribution in [0.4, 0.5) is 0 Å². The van der Waals surface area contributed by atoms with Crippen LogP contribution in [0, 0.1) is 17.8 Å². The quantitative estimate of drug-likeness (QED) is 0.469. The molecule has 0 bridgehead atoms. The smallest absolute Gasteiger partial charge is 0.0140 e. The molecule has 0 heteroatoms. The SMILES string of the molecule is C#CCC1(C)CCCC1. The third-order valence-corrected chi connectivity index (χ3v) is 2.34. The lowest BCUT2D eigenvalue weighted by atomic mass is 9.86. The number of rotatable bonds is 1. The van der Waals surface area contributed by atoms with Gasteiger partial charge in [0, 0.05) is 6.42 Å². The molecule has 0 amide bonds. The van der Waals surface area contributed by atoms with Crippen LogP contribution in [0.25, 0.3) is 0 Å². The summed E-state index contributed by atoms with van der Waals surface area (Å²) in [4.78, 5) is 0. The summed E-state index contributed by atoms with van der Waals surface area (Å²) in [5.74, 6) is 2.75. The van der Waals surface area contributed by atoms with Crippen molar-refractivity contribution in [1.29, 1.82) is 0 Å². The zero-order chi connectivity index (χ0) is 6.74. The van der Waals surface area contributed by atoms with Crippen LogP contribution in [-0.4, -0.2) is 0 Å². The van der Waals surface area contributed by atoms with E-state index >= 15 is 0 Å². The third kappa shape index (κ3) is 1.48. The van der Waals surface area contributed by atoms with Gasteiger partial charge in [0.05, 0.1) is 0 Å². The van der Waals surface area contributed by atoms with Crippen molar-refractivity contribution in [2.24, 2.45) is 5.41 Å². The van der Waals surface area contributed by atoms with Gasteiger partial charge < -0.3 is 0 Å². The van der Waals surface area contributed by atoms with Crippen molar-refractivity contribution in [3.05, 3.63) is 0 Å². The van der Waals surface area contributed by atoms with E-state index in [1.165, 1.54) is 25.7 Å². The van der Waals surface area contributed by atoms with E-state index in [1.54, 1.807) is 0 Å². The van der Waals surface area contributed by atoms with Crippen LogP contribution in [-0.2, 0) is 0 Å². The molecule has 0 heterocycles. The zero-order valence-electron chi connectivity index (χ0n) is 6.11. The number of hydrogen-bond acceptors (Lipinski definition) is 0. The second-order valence-electron chi connectivity index (χ2n) is 3.40. The Hall–Kier alpha value is -0.440. The predicted molar refractivity (Wildman–Crippen MR) is 40.0 cm³/mol. The first kappa shape index (κ1) is 6.68. The van der Waals surface area contributed by atoms with Gasteiger partial charge in [-0.05, 0) is 18.3 Å². The molecule has 1 rings (SSSR count). The van der Waals surface area contributed by atoms with Crippen molar-refractivity contribution < 1.29 is 0 Å². The lowest BCUT2D eigenvalue weighted by Crippen LogP contribution is -2.08. The number of terminal acetylenes is 1. The summed E-state index contributed by atoms with van der Waals surface area (Å²) < 4.78 is 0. The molecule has 0 aromatic carbocycles. The van der Waals surface area contributed by atoms with E-state index in [9.17, 15) is 0 Å². The molecule has 50 valence electrons. The van der Waals surface area contributed by atoms with E-state index in [-0.39, 0.29) is 0 Å². The first-order valence-corrected chi connectivity index (χ1v) is 3.70. The van der Waals surface area contributed by atoms with Gasteiger partial charge >= 0.3 is 0 Å². The highest BCUT2D eigenvalue weighted by Crippen LogP contribution is 2.39. The summed E-state index contributed by atoms with van der Waals surface area (Å²) in [5, 5.41) is 0. The molecule has 0 atom stereocenters. The minimum atomic E-state index is 0.509. The Morgan fingerprint density at radius 2 is 2.00 bits per heavy atom. The van der Waals surface area contributed by atoms with Crippen molar-refractivity contribution in [2.45, 2.75) is 39.0 Å². The highest BCUT2D eigenvalue weighted by atomic mass is 14.3. The fourth-order valence-corrected chi connectivity index (χ4v) is 1.65. The molecule has 1 fully saturated rings. The topological polar surface area (TPSA) is 0 Å². The summed E-state index contributed by atoms with van der Waals surface area (Å²) in [6.07, 6.45) is 11.7. The Morgan fingerprint density at radius 3 is 2.44 bits per heavy atom. The maximum atomic E-state index is 5.24. The first-order valence-electron chi connectivity index (χ1n) is 3.70. The molecule has 0 spiro atoms. The first-order chi connectivity index (χ1) is 4.27. The van der Waals surface area contributed by atoms with Crippen molar-refractivity contribution in [3.8, 4) is 12.3 Å². The Balaban J connectivity index is 2.43. The van der Waals surface area contributed by atoms with E-state index in [2.05, 4.69) is 12.8 Å². The normalized spacial score (nSPS) is 23.6. The van der Waals surface area contributed by atoms with Crippen molar-refractivity contribution >= 4 is 0 Å². The van der Waals surface area contributed by atoms with Crippen LogP contribution in [0.2, 0.25) is 0 Å². The molecule has 1 aliphatic rings. The van der Waals surface area contributed by atoms with Crippen LogP contribution in [0.1, 0.15) is 39.0 Å². The van der Waals surface area contributed by atoms with Gasteiger partial charge in [0.25, 0.3) is 0 Å². The highest BCUT2D eigenvalue weighted by Gasteiger charge is 2.26. The van der Waals surface area contributed by atoms with Gasteiger partial charge in [-0.25, -0.2) is 0 Å². The van der Waals surface area contributed by atoms with Gasteiger partial charge in [-0.15, -0.1) is 12.3 Å². The van der Waals surface area contributed by atoms with Crippen molar-refractivity contribution in [1.82, 2.24) is 0 Å². The van der Waals surface area contributed by atoms with Crippen molar-refractivity contribution in [3.63, 3.8) is 0 Å². The van der Waals surface area contributed by atoms with Gasteiger partial charge in [-0.2, -0.15) is 0 Å².